The second-order valence-corrected chi connectivity index (χ2v) is 17.0. The smallest absolute Gasteiger partial charge is 0.407 e. The number of alkyl carbamates (subject to hydrolysis) is 2. The van der Waals surface area contributed by atoms with Crippen molar-refractivity contribution in [1.82, 2.24) is 30.4 Å². The highest BCUT2D eigenvalue weighted by Gasteiger charge is 2.51. The van der Waals surface area contributed by atoms with Crippen molar-refractivity contribution in [3.63, 3.8) is 0 Å². The molecule has 14 heteroatoms. The molecule has 14 nitrogen and oxygen atoms in total. The van der Waals surface area contributed by atoms with Crippen LogP contribution in [0.1, 0.15) is 75.9 Å². The highest BCUT2D eigenvalue weighted by molar-refractivity contribution is 6.02. The maximum absolute atomic E-state index is 13.6. The number of carbonyl (C=O) groups excluding carboxylic acids is 4. The maximum Gasteiger partial charge on any atom is 0.407 e. The average molecular weight is 814 g/mol. The molecule has 2 bridgehead atoms. The lowest BCUT2D eigenvalue weighted by atomic mass is 9.90. The minimum atomic E-state index is -0.694. The van der Waals surface area contributed by atoms with Crippen LogP contribution in [-0.4, -0.2) is 94.4 Å². The highest BCUT2D eigenvalue weighted by Crippen LogP contribution is 2.47. The van der Waals surface area contributed by atoms with Crippen molar-refractivity contribution in [2.24, 2.45) is 16.8 Å². The number of aromatic amines is 1. The summed E-state index contributed by atoms with van der Waals surface area (Å²) in [5.74, 6) is 1.58. The number of methoxy groups -OCH3 is 2. The lowest BCUT2D eigenvalue weighted by Gasteiger charge is -2.37. The molecule has 3 fully saturated rings. The fourth-order valence-electron chi connectivity index (χ4n) is 10.0. The largest absolute Gasteiger partial charge is 0.488 e. The van der Waals surface area contributed by atoms with E-state index in [0.717, 1.165) is 99.7 Å². The number of nitrogens with one attached hydrogen (secondary N) is 3. The van der Waals surface area contributed by atoms with Crippen LogP contribution in [0.5, 0.6) is 5.75 Å². The number of rotatable bonds is 9. The molecule has 0 unspecified atom stereocenters. The van der Waals surface area contributed by atoms with Gasteiger partial charge in [-0.05, 0) is 109 Å². The lowest BCUT2D eigenvalue weighted by molar-refractivity contribution is -0.136. The summed E-state index contributed by atoms with van der Waals surface area (Å²) in [5.41, 5.74) is 10.3. The van der Waals surface area contributed by atoms with Gasteiger partial charge in [-0.3, -0.25) is 14.6 Å². The number of amides is 4. The van der Waals surface area contributed by atoms with Gasteiger partial charge >= 0.3 is 12.2 Å². The van der Waals surface area contributed by atoms with E-state index in [1.54, 1.807) is 6.92 Å². The van der Waals surface area contributed by atoms with Gasteiger partial charge in [-0.1, -0.05) is 44.2 Å². The second kappa shape index (κ2) is 15.8. The first kappa shape index (κ1) is 39.3. The number of aromatic nitrogens is 2. The van der Waals surface area contributed by atoms with Gasteiger partial charge in [0.1, 0.15) is 30.3 Å². The summed E-state index contributed by atoms with van der Waals surface area (Å²) in [6.45, 7) is 6.53. The predicted molar refractivity (Wildman–Crippen MR) is 225 cm³/mol. The third-order valence-electron chi connectivity index (χ3n) is 13.0. The molecular weight excluding hydrogens is 763 g/mol. The Bertz CT molecular complexity index is 2410. The Morgan fingerprint density at radius 3 is 2.38 bits per heavy atom. The number of H-pyrrole nitrogens is 1. The van der Waals surface area contributed by atoms with Crippen molar-refractivity contribution in [2.75, 3.05) is 20.8 Å². The molecule has 6 atom stereocenters. The molecule has 1 saturated carbocycles. The van der Waals surface area contributed by atoms with Gasteiger partial charge in [0.2, 0.25) is 11.8 Å². The first-order valence-corrected chi connectivity index (χ1v) is 21.0. The maximum atomic E-state index is 13.6. The fraction of sp³-hybridized carbons (Fsp3) is 0.435. The van der Waals surface area contributed by atoms with Crippen molar-refractivity contribution in [1.29, 1.82) is 0 Å². The Labute approximate surface area is 349 Å². The van der Waals surface area contributed by atoms with Crippen molar-refractivity contribution in [3.8, 4) is 39.3 Å². The van der Waals surface area contributed by atoms with Crippen molar-refractivity contribution in [2.45, 2.75) is 96.1 Å². The molecule has 0 radical (unpaired) electrons. The SMILES string of the molecule is COC(=O)N[C@@H](C)C(=O)N1[C@@H]2CC[C@@H](C2)[C@H]1C1=Nc2ccc(-c3ccc4c(c3)OCc3cc(-c5cnc([C@@H]6CCCN6C(=O)[C@@H](NC(=O)OC)C(C)C)[nH]5)ccc3-4)cc2C1. The van der Waals surface area contributed by atoms with Crippen LogP contribution < -0.4 is 15.4 Å². The number of carbonyl (C=O) groups is 4. The number of aliphatic imine (C=N–C) groups is 1. The second-order valence-electron chi connectivity index (χ2n) is 17.0. The monoisotopic (exact) mass is 813 g/mol. The van der Waals surface area contributed by atoms with Crippen LogP contribution in [-0.2, 0) is 32.1 Å². The molecule has 5 aliphatic rings. The molecule has 1 aromatic heterocycles. The third-order valence-corrected chi connectivity index (χ3v) is 13.0. The predicted octanol–water partition coefficient (Wildman–Crippen LogP) is 7.10. The van der Waals surface area contributed by atoms with Crippen LogP contribution in [0.3, 0.4) is 0 Å². The summed E-state index contributed by atoms with van der Waals surface area (Å²) in [5, 5.41) is 5.36. The minimum absolute atomic E-state index is 0.0729. The number of hydrogen-bond donors (Lipinski definition) is 3. The topological polar surface area (TPSA) is 168 Å². The number of benzene rings is 3. The molecule has 4 aromatic rings. The van der Waals surface area contributed by atoms with E-state index in [-0.39, 0.29) is 35.9 Å². The molecule has 2 saturated heterocycles. The Morgan fingerprint density at radius 2 is 1.58 bits per heavy atom. The molecule has 60 heavy (non-hydrogen) atoms. The van der Waals surface area contributed by atoms with Crippen LogP contribution in [0.2, 0.25) is 0 Å². The van der Waals surface area contributed by atoms with Crippen molar-refractivity contribution >= 4 is 35.4 Å². The van der Waals surface area contributed by atoms with Crippen LogP contribution in [0.15, 0.2) is 65.8 Å². The molecule has 3 aromatic carbocycles. The van der Waals surface area contributed by atoms with Gasteiger partial charge in [-0.2, -0.15) is 0 Å². The van der Waals surface area contributed by atoms with E-state index in [9.17, 15) is 19.2 Å². The first-order valence-electron chi connectivity index (χ1n) is 21.0. The molecule has 3 N–H and O–H groups in total. The van der Waals surface area contributed by atoms with E-state index in [4.69, 9.17) is 24.2 Å². The summed E-state index contributed by atoms with van der Waals surface area (Å²) in [6.07, 6.45) is 5.90. The number of ether oxygens (including phenoxy) is 3. The molecule has 4 amide bonds. The fourth-order valence-corrected chi connectivity index (χ4v) is 10.0. The third kappa shape index (κ3) is 7.05. The van der Waals surface area contributed by atoms with Crippen LogP contribution >= 0.6 is 0 Å². The summed E-state index contributed by atoms with van der Waals surface area (Å²) >= 11 is 0. The Morgan fingerprint density at radius 1 is 0.850 bits per heavy atom. The van der Waals surface area contributed by atoms with Gasteiger partial charge in [0, 0.05) is 30.3 Å². The van der Waals surface area contributed by atoms with Gasteiger partial charge in [0.15, 0.2) is 0 Å². The standard InChI is InChI=1S/C46H51N7O7/c1-24(2)40(51-46(57)59-5)44(55)52-16-6-7-38(52)42-47-22-37(50-42)28-10-13-33-31(18-28)23-60-39-21-27(9-14-34(33)39)26-11-15-35-30(17-26)20-36(49-35)41-29-8-12-32(19-29)53(41)43(54)25(3)48-45(56)58-4/h9-11,13-15,17-18,21-22,24-25,29,32,38,40-41H,6-8,12,16,19-20,23H2,1-5H3,(H,47,50)(H,48,56)(H,51,57)/t25-,29-,32+,38-,40-,41-/m0/s1. The Balaban J connectivity index is 0.889. The van der Waals surface area contributed by atoms with E-state index in [1.165, 1.54) is 14.2 Å². The van der Waals surface area contributed by atoms with E-state index in [0.29, 0.717) is 25.5 Å². The minimum Gasteiger partial charge on any atom is -0.488 e. The number of fused-ring (bicyclic) bond motifs is 6. The number of nitrogens with zero attached hydrogens (tertiary/aromatic N) is 4. The average Bonchev–Trinajstić information content (AvgIpc) is 4.12. The first-order chi connectivity index (χ1) is 29.0. The van der Waals surface area contributed by atoms with Gasteiger partial charge in [0.05, 0.1) is 43.9 Å². The van der Waals surface area contributed by atoms with E-state index >= 15 is 0 Å². The number of hydrogen-bond acceptors (Lipinski definition) is 9. The summed E-state index contributed by atoms with van der Waals surface area (Å²) < 4.78 is 15.9. The van der Waals surface area contributed by atoms with E-state index in [2.05, 4.69) is 70.2 Å². The van der Waals surface area contributed by atoms with Crippen molar-refractivity contribution < 1.29 is 33.4 Å². The van der Waals surface area contributed by atoms with E-state index < -0.39 is 24.3 Å². The summed E-state index contributed by atoms with van der Waals surface area (Å²) in [7, 11) is 2.59. The Hall–Kier alpha value is -6.18. The van der Waals surface area contributed by atoms with Crippen molar-refractivity contribution in [3.05, 3.63) is 77.7 Å². The van der Waals surface area contributed by atoms with Gasteiger partial charge in [-0.25, -0.2) is 14.6 Å². The molecule has 5 heterocycles. The molecule has 4 aliphatic heterocycles. The summed E-state index contributed by atoms with van der Waals surface area (Å²) in [4.78, 5) is 68.3. The molecular formula is C46H51N7O7. The highest BCUT2D eigenvalue weighted by atomic mass is 16.5. The zero-order chi connectivity index (χ0) is 41.8. The van der Waals surface area contributed by atoms with Crippen LogP contribution in [0.4, 0.5) is 15.3 Å². The van der Waals surface area contributed by atoms with Crippen LogP contribution in [0.25, 0.3) is 33.5 Å². The number of likely N-dealkylation sites (tertiary alicyclic amines) is 2. The zero-order valence-electron chi connectivity index (χ0n) is 34.6. The van der Waals surface area contributed by atoms with Gasteiger partial charge in [-0.15, -0.1) is 0 Å². The Kier molecular flexibility index (Phi) is 10.3. The number of piperidine rings is 1. The normalized spacial score (nSPS) is 22.0. The molecule has 1 aliphatic carbocycles. The molecule has 0 spiro atoms. The van der Waals surface area contributed by atoms with E-state index in [1.807, 2.05) is 29.8 Å². The molecule has 312 valence electrons. The summed E-state index contributed by atoms with van der Waals surface area (Å²) in [6, 6.07) is 17.6. The lowest BCUT2D eigenvalue weighted by Crippen LogP contribution is -2.55. The quantitative estimate of drug-likeness (QED) is 0.161. The van der Waals surface area contributed by atoms with Gasteiger partial charge in [0.25, 0.3) is 0 Å². The molecule has 9 rings (SSSR count). The van der Waals surface area contributed by atoms with Gasteiger partial charge < -0.3 is 39.6 Å². The van der Waals surface area contributed by atoms with Crippen LogP contribution in [0, 0.1) is 11.8 Å². The number of imidazole rings is 1. The zero-order valence-corrected chi connectivity index (χ0v) is 34.6.